The van der Waals surface area contributed by atoms with Crippen LogP contribution >= 0.6 is 0 Å². The maximum Gasteiger partial charge on any atom is 0.310 e. The molecule has 2 rings (SSSR count). The van der Waals surface area contributed by atoms with E-state index in [9.17, 15) is 14.9 Å². The predicted octanol–water partition coefficient (Wildman–Crippen LogP) is 2.99. The number of nitro groups is 1. The van der Waals surface area contributed by atoms with E-state index in [1.807, 2.05) is 0 Å². The van der Waals surface area contributed by atoms with Gasteiger partial charge in [-0.3, -0.25) is 14.9 Å². The van der Waals surface area contributed by atoms with Gasteiger partial charge in [-0.2, -0.15) is 0 Å². The van der Waals surface area contributed by atoms with Crippen LogP contribution in [-0.2, 0) is 6.61 Å². The van der Waals surface area contributed by atoms with E-state index in [1.54, 1.807) is 30.3 Å². The molecule has 6 heteroatoms. The molecule has 0 aliphatic heterocycles. The molecular formula is C15H13NO5. The molecule has 0 saturated carbocycles. The van der Waals surface area contributed by atoms with Crippen molar-refractivity contribution in [3.8, 4) is 11.5 Å². The molecule has 0 fully saturated rings. The zero-order valence-electron chi connectivity index (χ0n) is 11.3. The number of nitrogens with zero attached hydrogens (tertiary/aromatic N) is 1. The smallest absolute Gasteiger partial charge is 0.310 e. The highest BCUT2D eigenvalue weighted by Crippen LogP contribution is 2.27. The monoisotopic (exact) mass is 287 g/mol. The molecule has 0 radical (unpaired) electrons. The lowest BCUT2D eigenvalue weighted by Gasteiger charge is -2.09. The van der Waals surface area contributed by atoms with Gasteiger partial charge in [0.1, 0.15) is 18.6 Å². The average molecular weight is 287 g/mol. The highest BCUT2D eigenvalue weighted by Gasteiger charge is 2.13. The number of ether oxygens (including phenoxy) is 2. The zero-order chi connectivity index (χ0) is 15.2. The number of benzene rings is 2. The van der Waals surface area contributed by atoms with Crippen molar-refractivity contribution in [1.82, 2.24) is 0 Å². The van der Waals surface area contributed by atoms with Gasteiger partial charge in [-0.05, 0) is 29.8 Å². The average Bonchev–Trinajstić information content (AvgIpc) is 2.52. The number of rotatable bonds is 6. The Morgan fingerprint density at radius 1 is 1.24 bits per heavy atom. The predicted molar refractivity (Wildman–Crippen MR) is 75.8 cm³/mol. The van der Waals surface area contributed by atoms with Gasteiger partial charge in [0, 0.05) is 11.6 Å². The van der Waals surface area contributed by atoms with E-state index in [2.05, 4.69) is 0 Å². The third kappa shape index (κ3) is 3.56. The molecule has 0 saturated heterocycles. The molecule has 0 spiro atoms. The van der Waals surface area contributed by atoms with Gasteiger partial charge in [0.25, 0.3) is 0 Å². The summed E-state index contributed by atoms with van der Waals surface area (Å²) in [5, 5.41) is 10.9. The second-order valence-electron chi connectivity index (χ2n) is 4.25. The van der Waals surface area contributed by atoms with E-state index in [0.717, 1.165) is 0 Å². The molecule has 0 aliphatic carbocycles. The fourth-order valence-corrected chi connectivity index (χ4v) is 1.85. The van der Waals surface area contributed by atoms with Crippen LogP contribution in [0.4, 0.5) is 5.69 Å². The van der Waals surface area contributed by atoms with E-state index in [-0.39, 0.29) is 18.0 Å². The third-order valence-corrected chi connectivity index (χ3v) is 2.82. The topological polar surface area (TPSA) is 78.7 Å². The summed E-state index contributed by atoms with van der Waals surface area (Å²) in [6, 6.07) is 11.1. The van der Waals surface area contributed by atoms with Crippen LogP contribution in [0.25, 0.3) is 0 Å². The van der Waals surface area contributed by atoms with Crippen LogP contribution in [-0.4, -0.2) is 18.3 Å². The minimum Gasteiger partial charge on any atom is -0.497 e. The number of para-hydroxylation sites is 2. The van der Waals surface area contributed by atoms with E-state index in [4.69, 9.17) is 9.47 Å². The lowest BCUT2D eigenvalue weighted by molar-refractivity contribution is -0.385. The maximum absolute atomic E-state index is 10.9. The Morgan fingerprint density at radius 2 is 2.00 bits per heavy atom. The van der Waals surface area contributed by atoms with Crippen molar-refractivity contribution in [2.24, 2.45) is 0 Å². The normalized spacial score (nSPS) is 9.95. The highest BCUT2D eigenvalue weighted by molar-refractivity contribution is 5.76. The fraction of sp³-hybridized carbons (Fsp3) is 0.133. The van der Waals surface area contributed by atoms with Crippen molar-refractivity contribution >= 4 is 12.0 Å². The Morgan fingerprint density at radius 3 is 2.67 bits per heavy atom. The number of carbonyl (C=O) groups excluding carboxylic acids is 1. The number of carbonyl (C=O) groups is 1. The van der Waals surface area contributed by atoms with Crippen molar-refractivity contribution in [3.63, 3.8) is 0 Å². The summed E-state index contributed by atoms with van der Waals surface area (Å²) in [6.45, 7) is 0.100. The van der Waals surface area contributed by atoms with E-state index in [1.165, 1.54) is 19.2 Å². The molecule has 21 heavy (non-hydrogen) atoms. The van der Waals surface area contributed by atoms with Crippen LogP contribution in [0.1, 0.15) is 15.9 Å². The molecular weight excluding hydrogens is 274 g/mol. The molecule has 0 aromatic heterocycles. The molecule has 0 heterocycles. The van der Waals surface area contributed by atoms with Gasteiger partial charge in [0.05, 0.1) is 12.0 Å². The standard InChI is InChI=1S/C15H13NO5/c1-20-13-7-11(9-17)6-12(8-13)10-21-15-5-3-2-4-14(15)16(18)19/h2-9H,10H2,1H3. The first-order valence-electron chi connectivity index (χ1n) is 6.13. The molecule has 0 amide bonds. The molecule has 108 valence electrons. The van der Waals surface area contributed by atoms with Crippen molar-refractivity contribution in [3.05, 3.63) is 63.7 Å². The summed E-state index contributed by atoms with van der Waals surface area (Å²) in [6.07, 6.45) is 0.705. The van der Waals surface area contributed by atoms with Gasteiger partial charge < -0.3 is 9.47 Å². The molecule has 0 bridgehead atoms. The van der Waals surface area contributed by atoms with Gasteiger partial charge in [0.2, 0.25) is 0 Å². The second kappa shape index (κ2) is 6.51. The summed E-state index contributed by atoms with van der Waals surface area (Å²) in [5.74, 6) is 0.707. The Labute approximate surface area is 121 Å². The molecule has 2 aromatic rings. The van der Waals surface area contributed by atoms with Gasteiger partial charge in [-0.1, -0.05) is 12.1 Å². The number of hydrogen-bond donors (Lipinski definition) is 0. The van der Waals surface area contributed by atoms with Crippen LogP contribution in [0.15, 0.2) is 42.5 Å². The Balaban J connectivity index is 2.20. The summed E-state index contributed by atoms with van der Waals surface area (Å²) in [7, 11) is 1.50. The van der Waals surface area contributed by atoms with Crippen LogP contribution in [0, 0.1) is 10.1 Å². The van der Waals surface area contributed by atoms with Crippen molar-refractivity contribution in [1.29, 1.82) is 0 Å². The van der Waals surface area contributed by atoms with E-state index >= 15 is 0 Å². The summed E-state index contributed by atoms with van der Waals surface area (Å²) in [4.78, 5) is 21.2. The van der Waals surface area contributed by atoms with Crippen molar-refractivity contribution in [2.45, 2.75) is 6.61 Å². The summed E-state index contributed by atoms with van der Waals surface area (Å²) >= 11 is 0. The molecule has 0 aliphatic rings. The fourth-order valence-electron chi connectivity index (χ4n) is 1.85. The van der Waals surface area contributed by atoms with Gasteiger partial charge in [0.15, 0.2) is 5.75 Å². The largest absolute Gasteiger partial charge is 0.497 e. The summed E-state index contributed by atoms with van der Waals surface area (Å²) in [5.41, 5.74) is 1.04. The van der Waals surface area contributed by atoms with E-state index < -0.39 is 4.92 Å². The SMILES string of the molecule is COc1cc(C=O)cc(COc2ccccc2[N+](=O)[O-])c1. The first-order chi connectivity index (χ1) is 10.1. The van der Waals surface area contributed by atoms with Gasteiger partial charge >= 0.3 is 5.69 Å². The third-order valence-electron chi connectivity index (χ3n) is 2.82. The highest BCUT2D eigenvalue weighted by atomic mass is 16.6. The molecule has 6 nitrogen and oxygen atoms in total. The maximum atomic E-state index is 10.9. The number of methoxy groups -OCH3 is 1. The van der Waals surface area contributed by atoms with Crippen molar-refractivity contribution < 1.29 is 19.2 Å². The van der Waals surface area contributed by atoms with Crippen LogP contribution in [0.2, 0.25) is 0 Å². The minimum absolute atomic E-state index is 0.100. The first-order valence-corrected chi connectivity index (χ1v) is 6.13. The first kappa shape index (κ1) is 14.5. The molecule has 0 unspecified atom stereocenters. The van der Waals surface area contributed by atoms with Crippen molar-refractivity contribution in [2.75, 3.05) is 7.11 Å². The van der Waals surface area contributed by atoms with Crippen LogP contribution in [0.5, 0.6) is 11.5 Å². The number of nitro benzene ring substituents is 1. The van der Waals surface area contributed by atoms with Crippen LogP contribution < -0.4 is 9.47 Å². The van der Waals surface area contributed by atoms with Crippen LogP contribution in [0.3, 0.4) is 0 Å². The Bertz CT molecular complexity index is 669. The molecule has 0 atom stereocenters. The number of aldehydes is 1. The zero-order valence-corrected chi connectivity index (χ0v) is 11.3. The molecule has 2 aromatic carbocycles. The second-order valence-corrected chi connectivity index (χ2v) is 4.25. The Kier molecular flexibility index (Phi) is 4.50. The lowest BCUT2D eigenvalue weighted by atomic mass is 10.1. The lowest BCUT2D eigenvalue weighted by Crippen LogP contribution is -2.00. The number of hydrogen-bond acceptors (Lipinski definition) is 5. The van der Waals surface area contributed by atoms with Gasteiger partial charge in [-0.15, -0.1) is 0 Å². The van der Waals surface area contributed by atoms with Gasteiger partial charge in [-0.25, -0.2) is 0 Å². The van der Waals surface area contributed by atoms with E-state index in [0.29, 0.717) is 23.2 Å². The molecule has 0 N–H and O–H groups in total. The minimum atomic E-state index is -0.502. The quantitative estimate of drug-likeness (QED) is 0.463. The Hall–Kier alpha value is -2.89. The summed E-state index contributed by atoms with van der Waals surface area (Å²) < 4.78 is 10.6.